The maximum Gasteiger partial charge on any atom is 0.332 e. The van der Waals surface area contributed by atoms with E-state index < -0.39 is 0 Å². The molecule has 6 heteroatoms. The van der Waals surface area contributed by atoms with Crippen LogP contribution in [-0.2, 0) is 6.42 Å². The average molecular weight is 430 g/mol. The molecule has 1 fully saturated rings. The van der Waals surface area contributed by atoms with Gasteiger partial charge in [0.2, 0.25) is 5.88 Å². The Morgan fingerprint density at radius 2 is 1.84 bits per heavy atom. The molecule has 0 amide bonds. The first-order chi connectivity index (χ1) is 15.7. The van der Waals surface area contributed by atoms with Crippen molar-refractivity contribution in [3.05, 3.63) is 81.5 Å². The van der Waals surface area contributed by atoms with Crippen molar-refractivity contribution >= 4 is 10.9 Å². The number of aromatic amines is 1. The van der Waals surface area contributed by atoms with Gasteiger partial charge in [-0.25, -0.2) is 4.79 Å². The minimum Gasteiger partial charge on any atom is -0.497 e. The third kappa shape index (κ3) is 2.75. The summed E-state index contributed by atoms with van der Waals surface area (Å²) in [6.07, 6.45) is 5.80. The van der Waals surface area contributed by atoms with Crippen LogP contribution < -0.4 is 10.4 Å². The number of nitrogens with zero attached hydrogens (tertiary/aromatic N) is 2. The minimum atomic E-state index is -0.348. The van der Waals surface area contributed by atoms with E-state index in [4.69, 9.17) is 4.74 Å². The van der Waals surface area contributed by atoms with Crippen LogP contribution in [0.3, 0.4) is 0 Å². The average Bonchev–Trinajstić information content (AvgIpc) is 3.33. The van der Waals surface area contributed by atoms with Crippen LogP contribution >= 0.6 is 0 Å². The first kappa shape index (κ1) is 19.3. The van der Waals surface area contributed by atoms with E-state index in [2.05, 4.69) is 17.1 Å². The Bertz CT molecular complexity index is 1370. The molecule has 1 unspecified atom stereocenters. The van der Waals surface area contributed by atoms with Gasteiger partial charge in [-0.2, -0.15) is 0 Å². The number of imidazole rings is 1. The van der Waals surface area contributed by atoms with Crippen LogP contribution in [0.25, 0.3) is 10.9 Å². The normalized spacial score (nSPS) is 18.5. The second kappa shape index (κ2) is 7.33. The fourth-order valence-corrected chi connectivity index (χ4v) is 5.74. The zero-order valence-corrected chi connectivity index (χ0v) is 18.2. The molecule has 6 nitrogen and oxygen atoms in total. The lowest BCUT2D eigenvalue weighted by molar-refractivity contribution is 0.306. The van der Waals surface area contributed by atoms with Crippen LogP contribution in [0, 0.1) is 0 Å². The molecule has 1 saturated carbocycles. The third-order valence-corrected chi connectivity index (χ3v) is 7.26. The third-order valence-electron chi connectivity index (χ3n) is 7.26. The summed E-state index contributed by atoms with van der Waals surface area (Å²) in [5.74, 6) is 0.877. The number of hydrogen-bond acceptors (Lipinski definition) is 3. The summed E-state index contributed by atoms with van der Waals surface area (Å²) in [5, 5.41) is 12.5. The molecule has 164 valence electrons. The van der Waals surface area contributed by atoms with E-state index in [1.54, 1.807) is 16.2 Å². The van der Waals surface area contributed by atoms with E-state index in [9.17, 15) is 9.90 Å². The van der Waals surface area contributed by atoms with Crippen LogP contribution in [0.5, 0.6) is 11.6 Å². The lowest BCUT2D eigenvalue weighted by Gasteiger charge is -2.26. The van der Waals surface area contributed by atoms with E-state index in [1.807, 2.05) is 36.4 Å². The molecule has 2 N–H and O–H groups in total. The Kier molecular flexibility index (Phi) is 4.42. The Labute approximate surface area is 186 Å². The van der Waals surface area contributed by atoms with Crippen molar-refractivity contribution in [3.8, 4) is 11.6 Å². The molecule has 4 aromatic rings. The first-order valence-corrected chi connectivity index (χ1v) is 11.5. The predicted octanol–water partition coefficient (Wildman–Crippen LogP) is 4.89. The molecule has 1 aliphatic heterocycles. The first-order valence-electron chi connectivity index (χ1n) is 11.5. The smallest absolute Gasteiger partial charge is 0.332 e. The van der Waals surface area contributed by atoms with Crippen molar-refractivity contribution in [2.45, 2.75) is 50.6 Å². The summed E-state index contributed by atoms with van der Waals surface area (Å²) in [7, 11) is 1.65. The Morgan fingerprint density at radius 1 is 1.03 bits per heavy atom. The molecule has 0 radical (unpaired) electrons. The molecule has 1 aliphatic carbocycles. The highest BCUT2D eigenvalue weighted by Crippen LogP contribution is 2.42. The van der Waals surface area contributed by atoms with E-state index in [-0.39, 0.29) is 23.7 Å². The van der Waals surface area contributed by atoms with Crippen LogP contribution in [0.15, 0.2) is 53.3 Å². The van der Waals surface area contributed by atoms with Gasteiger partial charge >= 0.3 is 5.69 Å². The van der Waals surface area contributed by atoms with Gasteiger partial charge in [-0.15, -0.1) is 0 Å². The number of benzene rings is 2. The predicted molar refractivity (Wildman–Crippen MR) is 124 cm³/mol. The van der Waals surface area contributed by atoms with Gasteiger partial charge < -0.3 is 14.8 Å². The number of para-hydroxylation sites is 1. The summed E-state index contributed by atoms with van der Waals surface area (Å²) in [6, 6.07) is 15.8. The van der Waals surface area contributed by atoms with Gasteiger partial charge in [0, 0.05) is 29.1 Å². The van der Waals surface area contributed by atoms with Crippen molar-refractivity contribution < 1.29 is 9.84 Å². The van der Waals surface area contributed by atoms with E-state index in [0.717, 1.165) is 59.2 Å². The number of fused-ring (bicyclic) bond motifs is 4. The highest BCUT2D eigenvalue weighted by Gasteiger charge is 2.37. The molecule has 2 aliphatic rings. The van der Waals surface area contributed by atoms with Gasteiger partial charge in [-0.3, -0.25) is 9.13 Å². The molecule has 0 spiro atoms. The number of aromatic nitrogens is 3. The number of nitrogens with one attached hydrogen (secondary N) is 1. The summed E-state index contributed by atoms with van der Waals surface area (Å²) in [4.78, 5) is 17.4. The number of methoxy groups -OCH3 is 1. The summed E-state index contributed by atoms with van der Waals surface area (Å²) >= 11 is 0. The lowest BCUT2D eigenvalue weighted by atomic mass is 9.93. The standard InChI is InChI=1S/C26H27N3O3/c1-32-18-11-7-8-16(14-18)24-23-20(19-12-5-6-13-21(19)27-23)15-22-25(30)28(26(31)29(22)24)17-9-3-2-4-10-17/h5-8,11-14,17,24,27,30H,2-4,9-10,15H2,1H3. The highest BCUT2D eigenvalue weighted by molar-refractivity contribution is 5.86. The minimum absolute atomic E-state index is 0.0652. The second-order valence-electron chi connectivity index (χ2n) is 9.00. The number of hydrogen-bond donors (Lipinski definition) is 2. The van der Waals surface area contributed by atoms with Crippen molar-refractivity contribution in [1.82, 2.24) is 14.1 Å². The van der Waals surface area contributed by atoms with Gasteiger partial charge in [0.1, 0.15) is 11.8 Å². The molecule has 0 saturated heterocycles. The Morgan fingerprint density at radius 3 is 2.66 bits per heavy atom. The Balaban J connectivity index is 1.62. The monoisotopic (exact) mass is 429 g/mol. The zero-order chi connectivity index (χ0) is 21.8. The van der Waals surface area contributed by atoms with Crippen LogP contribution in [0.2, 0.25) is 0 Å². The van der Waals surface area contributed by atoms with Gasteiger partial charge in [0.05, 0.1) is 12.8 Å². The maximum atomic E-state index is 13.8. The largest absolute Gasteiger partial charge is 0.497 e. The number of aromatic hydroxyl groups is 1. The second-order valence-corrected chi connectivity index (χ2v) is 9.00. The fraction of sp³-hybridized carbons (Fsp3) is 0.346. The molecule has 1 atom stereocenters. The summed E-state index contributed by atoms with van der Waals surface area (Å²) < 4.78 is 8.95. The van der Waals surface area contributed by atoms with Gasteiger partial charge in [0.15, 0.2) is 0 Å². The van der Waals surface area contributed by atoms with Crippen LogP contribution in [0.1, 0.15) is 66.7 Å². The van der Waals surface area contributed by atoms with Crippen LogP contribution in [0.4, 0.5) is 0 Å². The van der Waals surface area contributed by atoms with E-state index in [0.29, 0.717) is 12.1 Å². The number of rotatable bonds is 3. The summed E-state index contributed by atoms with van der Waals surface area (Å²) in [5.41, 5.74) is 4.73. The maximum absolute atomic E-state index is 13.8. The number of H-pyrrole nitrogens is 1. The fourth-order valence-electron chi connectivity index (χ4n) is 5.74. The lowest BCUT2D eigenvalue weighted by Crippen LogP contribution is -2.34. The molecule has 2 aromatic heterocycles. The molecular formula is C26H27N3O3. The highest BCUT2D eigenvalue weighted by atomic mass is 16.5. The summed E-state index contributed by atoms with van der Waals surface area (Å²) in [6.45, 7) is 0. The van der Waals surface area contributed by atoms with Crippen molar-refractivity contribution in [1.29, 1.82) is 0 Å². The molecule has 0 bridgehead atoms. The Hall–Kier alpha value is -3.41. The van der Waals surface area contributed by atoms with Gasteiger partial charge in [-0.05, 0) is 42.2 Å². The number of ether oxygens (including phenoxy) is 1. The quantitative estimate of drug-likeness (QED) is 0.429. The van der Waals surface area contributed by atoms with Gasteiger partial charge in [-0.1, -0.05) is 49.6 Å². The van der Waals surface area contributed by atoms with Crippen molar-refractivity contribution in [3.63, 3.8) is 0 Å². The molecule has 3 heterocycles. The SMILES string of the molecule is COc1cccc(C2c3[nH]c4ccccc4c3Cc3c(O)n(C4CCCCC4)c(=O)n32)c1. The van der Waals surface area contributed by atoms with Crippen molar-refractivity contribution in [2.75, 3.05) is 7.11 Å². The topological polar surface area (TPSA) is 72.2 Å². The van der Waals surface area contributed by atoms with Crippen LogP contribution in [-0.4, -0.2) is 26.3 Å². The van der Waals surface area contributed by atoms with E-state index >= 15 is 0 Å². The molecule has 6 rings (SSSR count). The zero-order valence-electron chi connectivity index (χ0n) is 18.2. The van der Waals surface area contributed by atoms with Gasteiger partial charge in [0.25, 0.3) is 0 Å². The molecule has 32 heavy (non-hydrogen) atoms. The van der Waals surface area contributed by atoms with E-state index in [1.165, 1.54) is 6.42 Å². The molecule has 2 aromatic carbocycles. The molecular weight excluding hydrogens is 402 g/mol. The van der Waals surface area contributed by atoms with Crippen molar-refractivity contribution in [2.24, 2.45) is 0 Å².